The topological polar surface area (TPSA) is 41.6 Å². The molecule has 0 aliphatic heterocycles. The van der Waals surface area contributed by atoms with E-state index in [0.717, 1.165) is 25.1 Å². The smallest absolute Gasteiger partial charge is 0.237 e. The zero-order valence-corrected chi connectivity index (χ0v) is 14.7. The van der Waals surface area contributed by atoms with E-state index in [1.165, 1.54) is 24.8 Å². The van der Waals surface area contributed by atoms with Crippen molar-refractivity contribution in [3.8, 4) is 5.75 Å². The van der Waals surface area contributed by atoms with Crippen molar-refractivity contribution in [3.05, 3.63) is 29.8 Å². The van der Waals surface area contributed by atoms with Gasteiger partial charge in [-0.2, -0.15) is 0 Å². The van der Waals surface area contributed by atoms with Gasteiger partial charge in [-0.1, -0.05) is 37.0 Å². The van der Waals surface area contributed by atoms with Crippen LogP contribution in [0.5, 0.6) is 5.75 Å². The molecule has 1 aliphatic rings. The fourth-order valence-electron chi connectivity index (χ4n) is 2.90. The van der Waals surface area contributed by atoms with Crippen molar-refractivity contribution in [3.63, 3.8) is 0 Å². The van der Waals surface area contributed by atoms with E-state index < -0.39 is 0 Å². The molecule has 1 saturated carbocycles. The molecule has 4 nitrogen and oxygen atoms in total. The standard InChI is InChI=1S/C19H30N2O2/c1-15-9-11-18(12-10-15)23-14-13-21(3)16(2)19(22)20-17-7-5-4-6-8-17/h9-12,16-17H,4-8,13-14H2,1-3H3,(H,20,22). The largest absolute Gasteiger partial charge is 0.492 e. The molecule has 0 bridgehead atoms. The molecule has 1 fully saturated rings. The van der Waals surface area contributed by atoms with Crippen LogP contribution in [0.25, 0.3) is 0 Å². The number of aryl methyl sites for hydroxylation is 1. The minimum atomic E-state index is -0.126. The summed E-state index contributed by atoms with van der Waals surface area (Å²) in [4.78, 5) is 14.4. The number of amides is 1. The third-order valence-electron chi connectivity index (χ3n) is 4.73. The average molecular weight is 318 g/mol. The summed E-state index contributed by atoms with van der Waals surface area (Å²) in [5.74, 6) is 1.01. The first-order chi connectivity index (χ1) is 11.1. The number of nitrogens with zero attached hydrogens (tertiary/aromatic N) is 1. The Bertz CT molecular complexity index is 481. The quantitative estimate of drug-likeness (QED) is 0.840. The van der Waals surface area contributed by atoms with Gasteiger partial charge in [-0.3, -0.25) is 9.69 Å². The minimum Gasteiger partial charge on any atom is -0.492 e. The highest BCUT2D eigenvalue weighted by atomic mass is 16.5. The van der Waals surface area contributed by atoms with Crippen LogP contribution in [-0.2, 0) is 4.79 Å². The predicted octanol–water partition coefficient (Wildman–Crippen LogP) is 3.14. The minimum absolute atomic E-state index is 0.126. The fraction of sp³-hybridized carbons (Fsp3) is 0.632. The molecule has 1 N–H and O–H groups in total. The lowest BCUT2D eigenvalue weighted by Gasteiger charge is -2.28. The number of likely N-dealkylation sites (N-methyl/N-ethyl adjacent to an activating group) is 1. The second-order valence-corrected chi connectivity index (χ2v) is 6.66. The molecule has 0 saturated heterocycles. The third kappa shape index (κ3) is 5.87. The average Bonchev–Trinajstić information content (AvgIpc) is 2.56. The van der Waals surface area contributed by atoms with Gasteiger partial charge in [0.2, 0.25) is 5.91 Å². The van der Waals surface area contributed by atoms with Crippen molar-refractivity contribution in [2.24, 2.45) is 0 Å². The van der Waals surface area contributed by atoms with E-state index in [1.54, 1.807) is 0 Å². The first kappa shape index (κ1) is 17.8. The molecule has 1 aromatic carbocycles. The molecule has 0 radical (unpaired) electrons. The van der Waals surface area contributed by atoms with Gasteiger partial charge in [-0.05, 0) is 45.9 Å². The summed E-state index contributed by atoms with van der Waals surface area (Å²) >= 11 is 0. The number of carbonyl (C=O) groups excluding carboxylic acids is 1. The van der Waals surface area contributed by atoms with Crippen LogP contribution < -0.4 is 10.1 Å². The van der Waals surface area contributed by atoms with Gasteiger partial charge in [0.1, 0.15) is 12.4 Å². The summed E-state index contributed by atoms with van der Waals surface area (Å²) < 4.78 is 5.74. The predicted molar refractivity (Wildman–Crippen MR) is 93.8 cm³/mol. The van der Waals surface area contributed by atoms with Gasteiger partial charge in [0.15, 0.2) is 0 Å². The van der Waals surface area contributed by atoms with Gasteiger partial charge in [0.05, 0.1) is 6.04 Å². The van der Waals surface area contributed by atoms with Crippen LogP contribution in [0.15, 0.2) is 24.3 Å². The van der Waals surface area contributed by atoms with Crippen molar-refractivity contribution in [2.45, 2.75) is 58.0 Å². The highest BCUT2D eigenvalue weighted by Crippen LogP contribution is 2.17. The first-order valence-electron chi connectivity index (χ1n) is 8.76. The number of carbonyl (C=O) groups is 1. The number of benzene rings is 1. The van der Waals surface area contributed by atoms with Gasteiger partial charge in [-0.25, -0.2) is 0 Å². The summed E-state index contributed by atoms with van der Waals surface area (Å²) in [6.45, 7) is 5.34. The first-order valence-corrected chi connectivity index (χ1v) is 8.76. The van der Waals surface area contributed by atoms with Crippen molar-refractivity contribution in [1.29, 1.82) is 0 Å². The van der Waals surface area contributed by atoms with Crippen LogP contribution in [0, 0.1) is 6.92 Å². The Kier molecular flexibility index (Phi) is 6.90. The lowest BCUT2D eigenvalue weighted by molar-refractivity contribution is -0.126. The number of hydrogen-bond acceptors (Lipinski definition) is 3. The Balaban J connectivity index is 1.69. The summed E-state index contributed by atoms with van der Waals surface area (Å²) in [6, 6.07) is 8.29. The van der Waals surface area contributed by atoms with Gasteiger partial charge < -0.3 is 10.1 Å². The normalized spacial score (nSPS) is 17.0. The summed E-state index contributed by atoms with van der Waals surface area (Å²) in [6.07, 6.45) is 6.02. The molecule has 1 unspecified atom stereocenters. The van der Waals surface area contributed by atoms with E-state index in [-0.39, 0.29) is 11.9 Å². The number of ether oxygens (including phenoxy) is 1. The van der Waals surface area contributed by atoms with Crippen LogP contribution in [0.1, 0.15) is 44.6 Å². The molecule has 128 valence electrons. The van der Waals surface area contributed by atoms with Crippen molar-refractivity contribution >= 4 is 5.91 Å². The van der Waals surface area contributed by atoms with Crippen LogP contribution in [0.4, 0.5) is 0 Å². The van der Waals surface area contributed by atoms with Crippen molar-refractivity contribution in [1.82, 2.24) is 10.2 Å². The van der Waals surface area contributed by atoms with Gasteiger partial charge in [0, 0.05) is 12.6 Å². The third-order valence-corrected chi connectivity index (χ3v) is 4.73. The highest BCUT2D eigenvalue weighted by molar-refractivity contribution is 5.81. The Morgan fingerprint density at radius 1 is 1.26 bits per heavy atom. The summed E-state index contributed by atoms with van der Waals surface area (Å²) in [5.41, 5.74) is 1.22. The van der Waals surface area contributed by atoms with Gasteiger partial charge in [0.25, 0.3) is 0 Å². The maximum atomic E-state index is 12.3. The lowest BCUT2D eigenvalue weighted by Crippen LogP contribution is -2.48. The maximum Gasteiger partial charge on any atom is 0.237 e. The molecule has 1 atom stereocenters. The molecule has 0 spiro atoms. The Morgan fingerprint density at radius 3 is 2.57 bits per heavy atom. The monoisotopic (exact) mass is 318 g/mol. The number of rotatable bonds is 7. The zero-order valence-electron chi connectivity index (χ0n) is 14.7. The van der Waals surface area contributed by atoms with Gasteiger partial charge in [-0.15, -0.1) is 0 Å². The maximum absolute atomic E-state index is 12.3. The molecular formula is C19H30N2O2. The van der Waals surface area contributed by atoms with Crippen molar-refractivity contribution in [2.75, 3.05) is 20.2 Å². The van der Waals surface area contributed by atoms with E-state index in [9.17, 15) is 4.79 Å². The molecular weight excluding hydrogens is 288 g/mol. The number of hydrogen-bond donors (Lipinski definition) is 1. The molecule has 2 rings (SSSR count). The van der Waals surface area contributed by atoms with Crippen LogP contribution >= 0.6 is 0 Å². The van der Waals surface area contributed by atoms with E-state index >= 15 is 0 Å². The summed E-state index contributed by atoms with van der Waals surface area (Å²) in [5, 5.41) is 3.19. The van der Waals surface area contributed by atoms with Crippen molar-refractivity contribution < 1.29 is 9.53 Å². The molecule has 1 aromatic rings. The Labute approximate surface area is 140 Å². The summed E-state index contributed by atoms with van der Waals surface area (Å²) in [7, 11) is 1.98. The van der Waals surface area contributed by atoms with E-state index in [0.29, 0.717) is 12.6 Å². The Morgan fingerprint density at radius 2 is 1.91 bits per heavy atom. The highest BCUT2D eigenvalue weighted by Gasteiger charge is 2.22. The van der Waals surface area contributed by atoms with Gasteiger partial charge >= 0.3 is 0 Å². The molecule has 1 amide bonds. The van der Waals surface area contributed by atoms with Crippen LogP contribution in [-0.4, -0.2) is 43.1 Å². The zero-order chi connectivity index (χ0) is 16.7. The molecule has 23 heavy (non-hydrogen) atoms. The molecule has 4 heteroatoms. The second-order valence-electron chi connectivity index (χ2n) is 6.66. The number of nitrogens with one attached hydrogen (secondary N) is 1. The molecule has 0 heterocycles. The Hall–Kier alpha value is -1.55. The molecule has 0 aromatic heterocycles. The van der Waals surface area contributed by atoms with E-state index in [2.05, 4.69) is 12.2 Å². The SMILES string of the molecule is Cc1ccc(OCCN(C)C(C)C(=O)NC2CCCCC2)cc1. The van der Waals surface area contributed by atoms with Crippen LogP contribution in [0.2, 0.25) is 0 Å². The molecule has 1 aliphatic carbocycles. The fourth-order valence-corrected chi connectivity index (χ4v) is 2.90. The van der Waals surface area contributed by atoms with Crippen LogP contribution in [0.3, 0.4) is 0 Å². The lowest BCUT2D eigenvalue weighted by atomic mass is 9.95. The van der Waals surface area contributed by atoms with E-state index in [4.69, 9.17) is 4.74 Å². The van der Waals surface area contributed by atoms with E-state index in [1.807, 2.05) is 43.1 Å². The second kappa shape index (κ2) is 8.92.